The maximum absolute atomic E-state index is 12.9. The standard InChI is InChI=1S/C19H20F3N5O/c1-11-7-24-15(8-23-11)18(28)25-14-6-5-12-9-27(10-13(12)14)17-4-2-3-16(26-17)19(20,21)22/h2-4,7-8,12-14H,5-6,9-10H2,1H3,(H,25,28)/t12-,13+,14+/m1/s1. The largest absolute Gasteiger partial charge is 0.433 e. The lowest BCUT2D eigenvalue weighted by Crippen LogP contribution is -2.40. The summed E-state index contributed by atoms with van der Waals surface area (Å²) in [6.45, 7) is 3.02. The molecule has 2 fully saturated rings. The number of hydrogen-bond acceptors (Lipinski definition) is 5. The van der Waals surface area contributed by atoms with Gasteiger partial charge in [-0.2, -0.15) is 13.2 Å². The third-order valence-corrected chi connectivity index (χ3v) is 5.54. The fourth-order valence-corrected chi connectivity index (χ4v) is 4.14. The first-order chi connectivity index (χ1) is 13.3. The maximum Gasteiger partial charge on any atom is 0.433 e. The van der Waals surface area contributed by atoms with Crippen molar-refractivity contribution >= 4 is 11.7 Å². The maximum atomic E-state index is 12.9. The third kappa shape index (κ3) is 3.65. The SMILES string of the molecule is Cc1cnc(C(=O)N[C@H]2CC[C@@H]3CN(c4cccc(C(F)(F)F)n4)C[C@@H]32)cn1. The molecule has 0 aromatic carbocycles. The van der Waals surface area contributed by atoms with Crippen molar-refractivity contribution in [3.8, 4) is 0 Å². The summed E-state index contributed by atoms with van der Waals surface area (Å²) in [6, 6.07) is 3.93. The second kappa shape index (κ2) is 7.03. The second-order valence-electron chi connectivity index (χ2n) is 7.41. The molecule has 1 N–H and O–H groups in total. The van der Waals surface area contributed by atoms with Crippen LogP contribution in [0.4, 0.5) is 19.0 Å². The molecular weight excluding hydrogens is 371 g/mol. The minimum atomic E-state index is -4.46. The zero-order chi connectivity index (χ0) is 19.9. The normalized spacial score (nSPS) is 24.3. The van der Waals surface area contributed by atoms with Crippen molar-refractivity contribution in [2.45, 2.75) is 32.0 Å². The van der Waals surface area contributed by atoms with Crippen LogP contribution in [0.1, 0.15) is 34.7 Å². The van der Waals surface area contributed by atoms with Gasteiger partial charge in [-0.15, -0.1) is 0 Å². The summed E-state index contributed by atoms with van der Waals surface area (Å²) >= 11 is 0. The van der Waals surface area contributed by atoms with Gasteiger partial charge in [-0.25, -0.2) is 9.97 Å². The molecule has 3 atom stereocenters. The topological polar surface area (TPSA) is 71.0 Å². The van der Waals surface area contributed by atoms with Crippen LogP contribution >= 0.6 is 0 Å². The van der Waals surface area contributed by atoms with Crippen LogP contribution < -0.4 is 10.2 Å². The monoisotopic (exact) mass is 391 g/mol. The molecule has 0 radical (unpaired) electrons. The van der Waals surface area contributed by atoms with E-state index in [2.05, 4.69) is 20.3 Å². The van der Waals surface area contributed by atoms with Gasteiger partial charge in [-0.1, -0.05) is 6.07 Å². The van der Waals surface area contributed by atoms with E-state index in [1.165, 1.54) is 12.3 Å². The van der Waals surface area contributed by atoms with E-state index in [9.17, 15) is 18.0 Å². The summed E-state index contributed by atoms with van der Waals surface area (Å²) < 4.78 is 38.8. The zero-order valence-corrected chi connectivity index (χ0v) is 15.3. The van der Waals surface area contributed by atoms with Crippen molar-refractivity contribution in [3.05, 3.63) is 47.7 Å². The van der Waals surface area contributed by atoms with Crippen LogP contribution in [-0.4, -0.2) is 40.0 Å². The first kappa shape index (κ1) is 18.6. The molecule has 28 heavy (non-hydrogen) atoms. The Morgan fingerprint density at radius 1 is 1.18 bits per heavy atom. The highest BCUT2D eigenvalue weighted by molar-refractivity contribution is 5.92. The van der Waals surface area contributed by atoms with Crippen molar-refractivity contribution in [3.63, 3.8) is 0 Å². The Morgan fingerprint density at radius 2 is 2.00 bits per heavy atom. The number of amides is 1. The number of pyridine rings is 1. The molecule has 0 unspecified atom stereocenters. The van der Waals surface area contributed by atoms with Gasteiger partial charge in [0, 0.05) is 31.2 Å². The molecule has 2 aromatic heterocycles. The van der Waals surface area contributed by atoms with Crippen LogP contribution in [0, 0.1) is 18.8 Å². The number of fused-ring (bicyclic) bond motifs is 1. The number of aromatic nitrogens is 3. The van der Waals surface area contributed by atoms with Crippen molar-refractivity contribution in [2.75, 3.05) is 18.0 Å². The number of rotatable bonds is 3. The summed E-state index contributed by atoms with van der Waals surface area (Å²) in [7, 11) is 0. The fraction of sp³-hybridized carbons (Fsp3) is 0.474. The molecule has 0 spiro atoms. The van der Waals surface area contributed by atoms with Crippen LogP contribution in [0.2, 0.25) is 0 Å². The van der Waals surface area contributed by atoms with Gasteiger partial charge in [0.05, 0.1) is 11.9 Å². The highest BCUT2D eigenvalue weighted by Crippen LogP contribution is 2.40. The Hall–Kier alpha value is -2.71. The molecule has 9 heteroatoms. The van der Waals surface area contributed by atoms with Crippen LogP contribution in [-0.2, 0) is 6.18 Å². The van der Waals surface area contributed by atoms with E-state index in [1.807, 2.05) is 4.90 Å². The van der Waals surface area contributed by atoms with Crippen LogP contribution in [0.5, 0.6) is 0 Å². The molecule has 1 saturated heterocycles. The Kier molecular flexibility index (Phi) is 4.68. The molecule has 2 aliphatic rings. The number of halogens is 3. The average Bonchev–Trinajstić information content (AvgIpc) is 3.24. The van der Waals surface area contributed by atoms with Crippen LogP contribution in [0.25, 0.3) is 0 Å². The smallest absolute Gasteiger partial charge is 0.356 e. The van der Waals surface area contributed by atoms with Crippen LogP contribution in [0.3, 0.4) is 0 Å². The van der Waals surface area contributed by atoms with E-state index in [1.54, 1.807) is 19.2 Å². The van der Waals surface area contributed by atoms with Gasteiger partial charge in [0.15, 0.2) is 0 Å². The molecule has 1 aliphatic carbocycles. The van der Waals surface area contributed by atoms with Gasteiger partial charge < -0.3 is 10.2 Å². The van der Waals surface area contributed by atoms with E-state index in [-0.39, 0.29) is 23.6 Å². The molecule has 0 bridgehead atoms. The predicted molar refractivity (Wildman–Crippen MR) is 95.7 cm³/mol. The highest BCUT2D eigenvalue weighted by atomic mass is 19.4. The lowest BCUT2D eigenvalue weighted by atomic mass is 9.98. The van der Waals surface area contributed by atoms with E-state index >= 15 is 0 Å². The van der Waals surface area contributed by atoms with Crippen LogP contribution in [0.15, 0.2) is 30.6 Å². The minimum Gasteiger partial charge on any atom is -0.356 e. The molecule has 2 aromatic rings. The first-order valence-electron chi connectivity index (χ1n) is 9.20. The lowest BCUT2D eigenvalue weighted by molar-refractivity contribution is -0.141. The summed E-state index contributed by atoms with van der Waals surface area (Å²) in [6.07, 6.45) is 0.305. The van der Waals surface area contributed by atoms with Gasteiger partial charge in [0.1, 0.15) is 17.2 Å². The van der Waals surface area contributed by atoms with E-state index in [0.29, 0.717) is 24.8 Å². The quantitative estimate of drug-likeness (QED) is 0.871. The van der Waals surface area contributed by atoms with Crippen molar-refractivity contribution in [1.82, 2.24) is 20.3 Å². The number of nitrogens with one attached hydrogen (secondary N) is 1. The molecule has 3 heterocycles. The Bertz CT molecular complexity index is 871. The van der Waals surface area contributed by atoms with Gasteiger partial charge >= 0.3 is 6.18 Å². The second-order valence-corrected chi connectivity index (χ2v) is 7.41. The fourth-order valence-electron chi connectivity index (χ4n) is 4.14. The van der Waals surface area contributed by atoms with E-state index < -0.39 is 11.9 Å². The van der Waals surface area contributed by atoms with Gasteiger partial charge in [0.25, 0.3) is 5.91 Å². The molecule has 1 saturated carbocycles. The summed E-state index contributed by atoms with van der Waals surface area (Å²) in [5, 5.41) is 3.03. The van der Waals surface area contributed by atoms with E-state index in [0.717, 1.165) is 24.6 Å². The van der Waals surface area contributed by atoms with Gasteiger partial charge in [-0.05, 0) is 37.8 Å². The predicted octanol–water partition coefficient (Wildman–Crippen LogP) is 2.84. The summed E-state index contributed by atoms with van der Waals surface area (Å²) in [5.41, 5.74) is 0.116. The lowest BCUT2D eigenvalue weighted by Gasteiger charge is -2.22. The summed E-state index contributed by atoms with van der Waals surface area (Å²) in [4.78, 5) is 26.3. The van der Waals surface area contributed by atoms with Crippen molar-refractivity contribution in [1.29, 1.82) is 0 Å². The zero-order valence-electron chi connectivity index (χ0n) is 15.3. The van der Waals surface area contributed by atoms with Gasteiger partial charge in [0.2, 0.25) is 0 Å². The number of alkyl halides is 3. The Balaban J connectivity index is 1.44. The molecule has 6 nitrogen and oxygen atoms in total. The van der Waals surface area contributed by atoms with Crippen molar-refractivity contribution in [2.24, 2.45) is 11.8 Å². The number of carbonyl (C=O) groups is 1. The van der Waals surface area contributed by atoms with Crippen molar-refractivity contribution < 1.29 is 18.0 Å². The third-order valence-electron chi connectivity index (χ3n) is 5.54. The van der Waals surface area contributed by atoms with E-state index in [4.69, 9.17) is 0 Å². The number of hydrogen-bond donors (Lipinski definition) is 1. The highest BCUT2D eigenvalue weighted by Gasteiger charge is 2.44. The van der Waals surface area contributed by atoms with Gasteiger partial charge in [-0.3, -0.25) is 9.78 Å². The number of anilines is 1. The number of carbonyl (C=O) groups excluding carboxylic acids is 1. The molecule has 1 amide bonds. The Labute approximate surface area is 160 Å². The summed E-state index contributed by atoms with van der Waals surface area (Å²) in [5.74, 6) is 0.567. The molecular formula is C19H20F3N5O. The molecule has 4 rings (SSSR count). The average molecular weight is 391 g/mol. The molecule has 1 aliphatic heterocycles. The number of aryl methyl sites for hydroxylation is 1. The minimum absolute atomic E-state index is 0.0311. The molecule has 148 valence electrons. The Morgan fingerprint density at radius 3 is 2.71 bits per heavy atom. The first-order valence-corrected chi connectivity index (χ1v) is 9.20. The number of nitrogens with zero attached hydrogens (tertiary/aromatic N) is 4.